The number of carbonyl (C=O) groups is 2. The first-order valence-corrected chi connectivity index (χ1v) is 10.0. The van der Waals surface area contributed by atoms with Gasteiger partial charge in [0.2, 0.25) is 11.8 Å². The van der Waals surface area contributed by atoms with Gasteiger partial charge in [-0.15, -0.1) is 0 Å². The molecule has 3 rings (SSSR count). The first-order chi connectivity index (χ1) is 13.1. The lowest BCUT2D eigenvalue weighted by Crippen LogP contribution is -2.41. The number of hydrogen-bond acceptors (Lipinski definition) is 4. The van der Waals surface area contributed by atoms with Crippen molar-refractivity contribution in [2.45, 2.75) is 39.0 Å². The molecule has 146 valence electrons. The number of rotatable bonds is 7. The number of likely N-dealkylation sites (tertiary alicyclic amines) is 1. The van der Waals surface area contributed by atoms with Crippen molar-refractivity contribution >= 4 is 17.5 Å². The minimum absolute atomic E-state index is 0.00405. The summed E-state index contributed by atoms with van der Waals surface area (Å²) in [6.07, 6.45) is 4.54. The Balaban J connectivity index is 1.43. The van der Waals surface area contributed by atoms with Crippen LogP contribution < -0.4 is 5.32 Å². The second kappa shape index (κ2) is 9.65. The number of benzene rings is 1. The number of carbonyl (C=O) groups excluding carboxylic acids is 2. The average Bonchev–Trinajstić information content (AvgIpc) is 2.68. The smallest absolute Gasteiger partial charge is 0.243 e. The average molecular weight is 370 g/mol. The molecule has 2 aliphatic rings. The Morgan fingerprint density at radius 1 is 1.26 bits per heavy atom. The van der Waals surface area contributed by atoms with E-state index in [2.05, 4.69) is 22.2 Å². The van der Waals surface area contributed by atoms with E-state index < -0.39 is 0 Å². The molecule has 1 aromatic rings. The van der Waals surface area contributed by atoms with Crippen molar-refractivity contribution in [3.63, 3.8) is 0 Å². The number of piperidine rings is 1. The maximum absolute atomic E-state index is 12.2. The highest BCUT2D eigenvalue weighted by Gasteiger charge is 2.23. The van der Waals surface area contributed by atoms with Crippen molar-refractivity contribution in [3.05, 3.63) is 35.9 Å². The van der Waals surface area contributed by atoms with E-state index in [1.54, 1.807) is 0 Å². The minimum atomic E-state index is -0.145. The molecule has 0 spiro atoms. The zero-order chi connectivity index (χ0) is 19.1. The van der Waals surface area contributed by atoms with Crippen molar-refractivity contribution < 1.29 is 9.59 Å². The lowest BCUT2D eigenvalue weighted by molar-refractivity contribution is -0.136. The van der Waals surface area contributed by atoms with Gasteiger partial charge >= 0.3 is 0 Å². The molecule has 0 radical (unpaired) electrons. The predicted octanol–water partition coefficient (Wildman–Crippen LogP) is 2.25. The van der Waals surface area contributed by atoms with Crippen LogP contribution in [0.3, 0.4) is 0 Å². The molecule has 0 saturated carbocycles. The zero-order valence-corrected chi connectivity index (χ0v) is 16.2. The molecule has 2 amide bonds. The lowest BCUT2D eigenvalue weighted by Gasteiger charge is -2.30. The molecule has 0 unspecified atom stereocenters. The second-order valence-electron chi connectivity index (χ2n) is 7.62. The summed E-state index contributed by atoms with van der Waals surface area (Å²) >= 11 is 0. The third kappa shape index (κ3) is 5.89. The Labute approximate surface area is 161 Å². The van der Waals surface area contributed by atoms with Crippen LogP contribution in [-0.2, 0) is 9.59 Å². The Kier molecular flexibility index (Phi) is 6.98. The van der Waals surface area contributed by atoms with E-state index in [1.165, 1.54) is 17.9 Å². The van der Waals surface area contributed by atoms with Gasteiger partial charge in [0.25, 0.3) is 0 Å². The number of amides is 2. The van der Waals surface area contributed by atoms with E-state index in [9.17, 15) is 9.59 Å². The molecule has 1 N–H and O–H groups in total. The fraction of sp³-hybridized carbons (Fsp3) is 0.571. The Morgan fingerprint density at radius 3 is 2.85 bits per heavy atom. The van der Waals surface area contributed by atoms with Crippen LogP contribution in [0.25, 0.3) is 0 Å². The summed E-state index contributed by atoms with van der Waals surface area (Å²) in [6.45, 7) is 6.28. The zero-order valence-electron chi connectivity index (χ0n) is 16.2. The molecule has 2 aliphatic heterocycles. The first-order valence-electron chi connectivity index (χ1n) is 10.0. The Hall–Kier alpha value is -2.21. The molecular formula is C21H30N4O2. The van der Waals surface area contributed by atoms with Crippen LogP contribution >= 0.6 is 0 Å². The maximum atomic E-state index is 12.2. The topological polar surface area (TPSA) is 65.0 Å². The molecule has 0 bridgehead atoms. The number of hydrazone groups is 1. The van der Waals surface area contributed by atoms with Gasteiger partial charge in [-0.2, -0.15) is 5.10 Å². The molecule has 6 nitrogen and oxygen atoms in total. The van der Waals surface area contributed by atoms with Gasteiger partial charge in [-0.1, -0.05) is 37.3 Å². The molecular weight excluding hydrogens is 340 g/mol. The molecule has 0 aromatic heterocycles. The highest BCUT2D eigenvalue weighted by Crippen LogP contribution is 2.16. The van der Waals surface area contributed by atoms with E-state index >= 15 is 0 Å². The normalized spacial score (nSPS) is 21.1. The summed E-state index contributed by atoms with van der Waals surface area (Å²) in [5, 5.41) is 8.65. The van der Waals surface area contributed by atoms with Gasteiger partial charge in [-0.25, -0.2) is 5.01 Å². The second-order valence-corrected chi connectivity index (χ2v) is 7.62. The third-order valence-electron chi connectivity index (χ3n) is 5.22. The SMILES string of the molecule is C[C@@H]1CCCN(CCCNC(=O)CN2N=C(c3ccccc3)CCC2=O)C1. The predicted molar refractivity (Wildman–Crippen MR) is 106 cm³/mol. The molecule has 1 fully saturated rings. The number of hydrogen-bond donors (Lipinski definition) is 1. The lowest BCUT2D eigenvalue weighted by atomic mass is 10.0. The third-order valence-corrected chi connectivity index (χ3v) is 5.22. The van der Waals surface area contributed by atoms with Crippen molar-refractivity contribution in [3.8, 4) is 0 Å². The Morgan fingerprint density at radius 2 is 2.07 bits per heavy atom. The van der Waals surface area contributed by atoms with Crippen molar-refractivity contribution in [2.75, 3.05) is 32.7 Å². The van der Waals surface area contributed by atoms with Gasteiger partial charge in [-0.05, 0) is 43.8 Å². The van der Waals surface area contributed by atoms with Crippen molar-refractivity contribution in [2.24, 2.45) is 11.0 Å². The molecule has 1 saturated heterocycles. The van der Waals surface area contributed by atoms with Crippen LogP contribution in [0, 0.1) is 5.92 Å². The van der Waals surface area contributed by atoms with Crippen LogP contribution in [0.1, 0.15) is 44.6 Å². The monoisotopic (exact) mass is 370 g/mol. The summed E-state index contributed by atoms with van der Waals surface area (Å²) in [5.41, 5.74) is 1.87. The maximum Gasteiger partial charge on any atom is 0.243 e. The highest BCUT2D eigenvalue weighted by atomic mass is 16.2. The molecule has 6 heteroatoms. The summed E-state index contributed by atoms with van der Waals surface area (Å²) in [4.78, 5) is 26.8. The summed E-state index contributed by atoms with van der Waals surface area (Å²) < 4.78 is 0. The van der Waals surface area contributed by atoms with Crippen LogP contribution in [0.2, 0.25) is 0 Å². The molecule has 1 aromatic carbocycles. The van der Waals surface area contributed by atoms with Crippen LogP contribution in [-0.4, -0.2) is 60.2 Å². The Bertz CT molecular complexity index is 674. The van der Waals surface area contributed by atoms with Gasteiger partial charge in [0.15, 0.2) is 0 Å². The summed E-state index contributed by atoms with van der Waals surface area (Å²) in [6, 6.07) is 9.82. The van der Waals surface area contributed by atoms with Gasteiger partial charge in [0.1, 0.15) is 6.54 Å². The minimum Gasteiger partial charge on any atom is -0.354 e. The van der Waals surface area contributed by atoms with E-state index in [1.807, 2.05) is 30.3 Å². The summed E-state index contributed by atoms with van der Waals surface area (Å²) in [7, 11) is 0. The van der Waals surface area contributed by atoms with Crippen LogP contribution in [0.4, 0.5) is 0 Å². The van der Waals surface area contributed by atoms with Crippen LogP contribution in [0.5, 0.6) is 0 Å². The van der Waals surface area contributed by atoms with E-state index in [4.69, 9.17) is 0 Å². The quantitative estimate of drug-likeness (QED) is 0.749. The molecule has 27 heavy (non-hydrogen) atoms. The molecule has 1 atom stereocenters. The van der Waals surface area contributed by atoms with Gasteiger partial charge < -0.3 is 10.2 Å². The fourth-order valence-electron chi connectivity index (χ4n) is 3.77. The first kappa shape index (κ1) is 19.5. The molecule has 2 heterocycles. The van der Waals surface area contributed by atoms with Gasteiger partial charge in [0, 0.05) is 25.9 Å². The van der Waals surface area contributed by atoms with E-state index in [0.717, 1.165) is 43.2 Å². The van der Waals surface area contributed by atoms with Crippen molar-refractivity contribution in [1.29, 1.82) is 0 Å². The number of nitrogens with zero attached hydrogens (tertiary/aromatic N) is 3. The van der Waals surface area contributed by atoms with Gasteiger partial charge in [-0.3, -0.25) is 9.59 Å². The molecule has 0 aliphatic carbocycles. The largest absolute Gasteiger partial charge is 0.354 e. The highest BCUT2D eigenvalue weighted by molar-refractivity contribution is 6.04. The van der Waals surface area contributed by atoms with E-state index in [0.29, 0.717) is 19.4 Å². The fourth-order valence-corrected chi connectivity index (χ4v) is 3.77. The standard InChI is InChI=1S/C21H30N4O2/c1-17-7-5-13-24(15-17)14-6-12-22-20(26)16-25-21(27)11-10-19(23-25)18-8-3-2-4-9-18/h2-4,8-9,17H,5-7,10-16H2,1H3,(H,22,26)/t17-/m1/s1. The van der Waals surface area contributed by atoms with Crippen LogP contribution in [0.15, 0.2) is 35.4 Å². The van der Waals surface area contributed by atoms with Crippen molar-refractivity contribution in [1.82, 2.24) is 15.2 Å². The number of nitrogens with one attached hydrogen (secondary N) is 1. The van der Waals surface area contributed by atoms with Gasteiger partial charge in [0.05, 0.1) is 5.71 Å². The van der Waals surface area contributed by atoms with E-state index in [-0.39, 0.29) is 18.4 Å². The summed E-state index contributed by atoms with van der Waals surface area (Å²) in [5.74, 6) is 0.538.